The second kappa shape index (κ2) is 10.7. The van der Waals surface area contributed by atoms with E-state index in [9.17, 15) is 5.11 Å². The van der Waals surface area contributed by atoms with Crippen molar-refractivity contribution in [3.8, 4) is 0 Å². The topological polar surface area (TPSA) is 29.5 Å². The number of rotatable bonds is 6. The highest BCUT2D eigenvalue weighted by Gasteiger charge is 2.42. The van der Waals surface area contributed by atoms with Crippen molar-refractivity contribution < 1.29 is 9.84 Å². The van der Waals surface area contributed by atoms with Crippen LogP contribution >= 0.6 is 0 Å². The SMILES string of the molecule is O[C@@H]1CCC(c2ccccc2)C[C@H]1[C@@H]1CC(c2ccccc2)CC[C@H]1OCc1ccccc1. The van der Waals surface area contributed by atoms with E-state index in [-0.39, 0.29) is 18.1 Å². The zero-order valence-electron chi connectivity index (χ0n) is 19.4. The van der Waals surface area contributed by atoms with E-state index in [0.717, 1.165) is 38.5 Å². The van der Waals surface area contributed by atoms with E-state index in [4.69, 9.17) is 4.74 Å². The van der Waals surface area contributed by atoms with Gasteiger partial charge in [-0.25, -0.2) is 0 Å². The Kier molecular flexibility index (Phi) is 7.24. The van der Waals surface area contributed by atoms with Crippen molar-refractivity contribution in [2.45, 2.75) is 69.2 Å². The third-order valence-electron chi connectivity index (χ3n) is 8.09. The van der Waals surface area contributed by atoms with Gasteiger partial charge in [-0.15, -0.1) is 0 Å². The molecular weight excluding hydrogens is 404 g/mol. The molecule has 2 aliphatic rings. The van der Waals surface area contributed by atoms with Gasteiger partial charge in [-0.1, -0.05) is 91.0 Å². The minimum absolute atomic E-state index is 0.208. The van der Waals surface area contributed by atoms with Crippen LogP contribution in [0.1, 0.15) is 67.1 Å². The first-order chi connectivity index (χ1) is 16.3. The molecule has 2 aliphatic carbocycles. The van der Waals surface area contributed by atoms with Crippen LogP contribution in [0.5, 0.6) is 0 Å². The lowest BCUT2D eigenvalue weighted by Crippen LogP contribution is -2.43. The van der Waals surface area contributed by atoms with Crippen molar-refractivity contribution in [2.24, 2.45) is 11.8 Å². The predicted octanol–water partition coefficient (Wildman–Crippen LogP) is 7.10. The first-order valence-corrected chi connectivity index (χ1v) is 12.7. The molecule has 2 fully saturated rings. The molecule has 2 nitrogen and oxygen atoms in total. The van der Waals surface area contributed by atoms with Crippen molar-refractivity contribution in [3.63, 3.8) is 0 Å². The second-order valence-corrected chi connectivity index (χ2v) is 10.1. The molecule has 0 heterocycles. The maximum atomic E-state index is 11.2. The molecule has 172 valence electrons. The van der Waals surface area contributed by atoms with Gasteiger partial charge in [0.2, 0.25) is 0 Å². The Hall–Kier alpha value is -2.42. The van der Waals surface area contributed by atoms with E-state index in [1.807, 2.05) is 0 Å². The molecule has 2 unspecified atom stereocenters. The zero-order chi connectivity index (χ0) is 22.5. The minimum atomic E-state index is -0.229. The Balaban J connectivity index is 1.36. The number of benzene rings is 3. The van der Waals surface area contributed by atoms with Gasteiger partial charge in [-0.3, -0.25) is 0 Å². The summed E-state index contributed by atoms with van der Waals surface area (Å²) in [7, 11) is 0. The normalized spacial score (nSPS) is 30.1. The second-order valence-electron chi connectivity index (χ2n) is 10.1. The molecule has 0 bridgehead atoms. The monoisotopic (exact) mass is 440 g/mol. The number of aliphatic hydroxyl groups excluding tert-OH is 1. The van der Waals surface area contributed by atoms with E-state index < -0.39 is 0 Å². The summed E-state index contributed by atoms with van der Waals surface area (Å²) in [5.74, 6) is 1.76. The quantitative estimate of drug-likeness (QED) is 0.443. The molecule has 0 saturated heterocycles. The van der Waals surface area contributed by atoms with E-state index >= 15 is 0 Å². The van der Waals surface area contributed by atoms with Gasteiger partial charge in [-0.05, 0) is 78.9 Å². The average molecular weight is 441 g/mol. The van der Waals surface area contributed by atoms with Crippen LogP contribution in [0.2, 0.25) is 0 Å². The molecular formula is C31H36O2. The summed E-state index contributed by atoms with van der Waals surface area (Å²) in [6.07, 6.45) is 6.33. The van der Waals surface area contributed by atoms with Gasteiger partial charge in [0.15, 0.2) is 0 Å². The molecule has 1 N–H and O–H groups in total. The Morgan fingerprint density at radius 3 is 1.73 bits per heavy atom. The fourth-order valence-electron chi connectivity index (χ4n) is 6.32. The summed E-state index contributed by atoms with van der Waals surface area (Å²) in [5, 5.41) is 11.2. The van der Waals surface area contributed by atoms with E-state index in [0.29, 0.717) is 24.4 Å². The molecule has 33 heavy (non-hydrogen) atoms. The summed E-state index contributed by atoms with van der Waals surface area (Å²) in [4.78, 5) is 0. The number of hydrogen-bond acceptors (Lipinski definition) is 2. The summed E-state index contributed by atoms with van der Waals surface area (Å²) >= 11 is 0. The van der Waals surface area contributed by atoms with Crippen LogP contribution in [0, 0.1) is 11.8 Å². The van der Waals surface area contributed by atoms with E-state index in [1.54, 1.807) is 0 Å². The maximum absolute atomic E-state index is 11.2. The molecule has 2 saturated carbocycles. The Labute approximate surface area is 198 Å². The molecule has 0 spiro atoms. The third kappa shape index (κ3) is 5.39. The summed E-state index contributed by atoms with van der Waals surface area (Å²) < 4.78 is 6.60. The lowest BCUT2D eigenvalue weighted by atomic mass is 9.64. The lowest BCUT2D eigenvalue weighted by molar-refractivity contribution is -0.0796. The molecule has 6 atom stereocenters. The number of hydrogen-bond donors (Lipinski definition) is 1. The average Bonchev–Trinajstić information content (AvgIpc) is 2.89. The van der Waals surface area contributed by atoms with Gasteiger partial charge in [0.25, 0.3) is 0 Å². The smallest absolute Gasteiger partial charge is 0.0720 e. The van der Waals surface area contributed by atoms with Crippen LogP contribution in [-0.4, -0.2) is 17.3 Å². The van der Waals surface area contributed by atoms with Crippen LogP contribution in [0.15, 0.2) is 91.0 Å². The van der Waals surface area contributed by atoms with Gasteiger partial charge in [0.05, 0.1) is 18.8 Å². The predicted molar refractivity (Wildman–Crippen MR) is 134 cm³/mol. The molecule has 0 amide bonds. The molecule has 0 aromatic heterocycles. The molecule has 0 aliphatic heterocycles. The highest BCUT2D eigenvalue weighted by molar-refractivity contribution is 5.22. The minimum Gasteiger partial charge on any atom is -0.393 e. The zero-order valence-corrected chi connectivity index (χ0v) is 19.4. The highest BCUT2D eigenvalue weighted by atomic mass is 16.5. The van der Waals surface area contributed by atoms with Crippen molar-refractivity contribution in [1.29, 1.82) is 0 Å². The van der Waals surface area contributed by atoms with Crippen LogP contribution in [0.4, 0.5) is 0 Å². The summed E-state index contributed by atoms with van der Waals surface area (Å²) in [6, 6.07) is 32.4. The highest BCUT2D eigenvalue weighted by Crippen LogP contribution is 2.48. The molecule has 3 aromatic carbocycles. The van der Waals surface area contributed by atoms with Crippen LogP contribution < -0.4 is 0 Å². The number of ether oxygens (including phenoxy) is 1. The fourth-order valence-corrected chi connectivity index (χ4v) is 6.32. The van der Waals surface area contributed by atoms with Crippen molar-refractivity contribution >= 4 is 0 Å². The van der Waals surface area contributed by atoms with Crippen molar-refractivity contribution in [3.05, 3.63) is 108 Å². The van der Waals surface area contributed by atoms with Gasteiger partial charge in [-0.2, -0.15) is 0 Å². The van der Waals surface area contributed by atoms with Crippen molar-refractivity contribution in [2.75, 3.05) is 0 Å². The van der Waals surface area contributed by atoms with E-state index in [1.165, 1.54) is 16.7 Å². The first kappa shape index (κ1) is 22.4. The molecule has 0 radical (unpaired) electrons. The third-order valence-corrected chi connectivity index (χ3v) is 8.09. The van der Waals surface area contributed by atoms with E-state index in [2.05, 4.69) is 91.0 Å². The Morgan fingerprint density at radius 1 is 0.606 bits per heavy atom. The van der Waals surface area contributed by atoms with Gasteiger partial charge in [0, 0.05) is 0 Å². The molecule has 5 rings (SSSR count). The Bertz CT molecular complexity index is 972. The van der Waals surface area contributed by atoms with Crippen LogP contribution in [-0.2, 0) is 11.3 Å². The first-order valence-electron chi connectivity index (χ1n) is 12.7. The Morgan fingerprint density at radius 2 is 1.12 bits per heavy atom. The largest absolute Gasteiger partial charge is 0.393 e. The van der Waals surface area contributed by atoms with Gasteiger partial charge in [0.1, 0.15) is 0 Å². The van der Waals surface area contributed by atoms with Gasteiger partial charge < -0.3 is 9.84 Å². The van der Waals surface area contributed by atoms with Crippen LogP contribution in [0.3, 0.4) is 0 Å². The molecule has 2 heteroatoms. The number of aliphatic hydroxyl groups is 1. The van der Waals surface area contributed by atoms with Crippen molar-refractivity contribution in [1.82, 2.24) is 0 Å². The van der Waals surface area contributed by atoms with Crippen LogP contribution in [0.25, 0.3) is 0 Å². The fraction of sp³-hybridized carbons (Fsp3) is 0.419. The molecule has 3 aromatic rings. The summed E-state index contributed by atoms with van der Waals surface area (Å²) in [6.45, 7) is 0.656. The standard InChI is InChI=1S/C31H36O2/c32-30-18-16-26(24-12-6-2-7-13-24)20-28(30)29-21-27(25-14-8-3-9-15-25)17-19-31(29)33-22-23-10-4-1-5-11-23/h1-15,26-32H,16-22H2/t26?,27?,28-,29-,30+,31+/m0/s1. The summed E-state index contributed by atoms with van der Waals surface area (Å²) in [5.41, 5.74) is 4.09. The maximum Gasteiger partial charge on any atom is 0.0720 e. The lowest BCUT2D eigenvalue weighted by Gasteiger charge is -2.45. The van der Waals surface area contributed by atoms with Gasteiger partial charge >= 0.3 is 0 Å².